The highest BCUT2D eigenvalue weighted by Crippen LogP contribution is 2.55. The third-order valence-electron chi connectivity index (χ3n) is 6.26. The average molecular weight is 454 g/mol. The standard InChI is InChI=1S/C27H22N2O5/c1-16(19-6-4-3-5-7-19)33-26(32)28-24-17(2)34-29-23(24)9-8-18-12-20-14-22(15-21(20)13-18)27(10-11-27)25(30)31/h3-7,12-16H,10-11H2,1-2H3,(H,28,32)(H,30,31). The van der Waals surface area contributed by atoms with Gasteiger partial charge in [-0.2, -0.15) is 0 Å². The maximum Gasteiger partial charge on any atom is 0.412 e. The number of amides is 1. The largest absolute Gasteiger partial charge is 0.481 e. The SMILES string of the molecule is Cc1onc(C#CC2=CC3=CC(C4(C(=O)O)CC4)=CC3=C2)c1NC(=O)OC(C)c1ccccc1. The van der Waals surface area contributed by atoms with Crippen LogP contribution in [0.5, 0.6) is 0 Å². The Hall–Kier alpha value is -4.31. The van der Waals surface area contributed by atoms with Gasteiger partial charge >= 0.3 is 12.1 Å². The number of benzene rings is 1. The lowest BCUT2D eigenvalue weighted by atomic mass is 9.96. The Morgan fingerprint density at radius 2 is 1.85 bits per heavy atom. The highest BCUT2D eigenvalue weighted by Gasteiger charge is 2.53. The van der Waals surface area contributed by atoms with Gasteiger partial charge in [0.25, 0.3) is 0 Å². The fourth-order valence-electron chi connectivity index (χ4n) is 4.09. The van der Waals surface area contributed by atoms with Crippen LogP contribution in [0, 0.1) is 24.2 Å². The molecule has 0 radical (unpaired) electrons. The van der Waals surface area contributed by atoms with E-state index in [0.29, 0.717) is 30.0 Å². The fraction of sp³-hybridized carbons (Fsp3) is 0.222. The number of aryl methyl sites for hydroxylation is 1. The van der Waals surface area contributed by atoms with Gasteiger partial charge in [-0.15, -0.1) is 0 Å². The zero-order valence-electron chi connectivity index (χ0n) is 18.7. The van der Waals surface area contributed by atoms with Crippen molar-refractivity contribution in [3.8, 4) is 11.8 Å². The van der Waals surface area contributed by atoms with Gasteiger partial charge in [0.15, 0.2) is 11.5 Å². The number of fused-ring (bicyclic) bond motifs is 1. The molecule has 1 amide bonds. The normalized spacial score (nSPS) is 17.8. The number of ether oxygens (including phenoxy) is 1. The van der Waals surface area contributed by atoms with E-state index < -0.39 is 23.6 Å². The van der Waals surface area contributed by atoms with Crippen molar-refractivity contribution in [3.63, 3.8) is 0 Å². The first kappa shape index (κ1) is 21.5. The summed E-state index contributed by atoms with van der Waals surface area (Å²) < 4.78 is 10.7. The molecule has 1 unspecified atom stereocenters. The molecule has 5 rings (SSSR count). The second-order valence-electron chi connectivity index (χ2n) is 8.58. The summed E-state index contributed by atoms with van der Waals surface area (Å²) in [6.45, 7) is 3.48. The van der Waals surface area contributed by atoms with E-state index in [9.17, 15) is 14.7 Å². The zero-order chi connectivity index (χ0) is 23.9. The monoisotopic (exact) mass is 454 g/mol. The van der Waals surface area contributed by atoms with Crippen molar-refractivity contribution in [2.24, 2.45) is 5.41 Å². The maximum atomic E-state index is 12.4. The summed E-state index contributed by atoms with van der Waals surface area (Å²) in [4.78, 5) is 24.0. The van der Waals surface area contributed by atoms with E-state index in [1.165, 1.54) is 0 Å². The number of carbonyl (C=O) groups excluding carboxylic acids is 1. The van der Waals surface area contributed by atoms with Gasteiger partial charge in [0.05, 0.1) is 5.41 Å². The van der Waals surface area contributed by atoms with Gasteiger partial charge < -0.3 is 14.4 Å². The Balaban J connectivity index is 1.27. The molecule has 1 atom stereocenters. The molecule has 1 saturated carbocycles. The number of aromatic nitrogens is 1. The zero-order valence-corrected chi connectivity index (χ0v) is 18.7. The van der Waals surface area contributed by atoms with E-state index >= 15 is 0 Å². The van der Waals surface area contributed by atoms with Crippen LogP contribution in [-0.4, -0.2) is 22.3 Å². The number of hydrogen-bond acceptors (Lipinski definition) is 5. The molecule has 3 aliphatic carbocycles. The quantitative estimate of drug-likeness (QED) is 0.599. The predicted octanol–water partition coefficient (Wildman–Crippen LogP) is 5.24. The van der Waals surface area contributed by atoms with Crippen molar-refractivity contribution < 1.29 is 24.0 Å². The first-order chi connectivity index (χ1) is 16.4. The van der Waals surface area contributed by atoms with Gasteiger partial charge in [0, 0.05) is 5.57 Å². The van der Waals surface area contributed by atoms with Crippen molar-refractivity contribution in [3.05, 3.63) is 93.9 Å². The Labute approximate surface area is 196 Å². The molecule has 0 spiro atoms. The lowest BCUT2D eigenvalue weighted by Crippen LogP contribution is -2.16. The summed E-state index contributed by atoms with van der Waals surface area (Å²) in [6.07, 6.45) is 7.99. The molecule has 7 heteroatoms. The molecule has 2 aromatic rings. The number of anilines is 1. The minimum atomic E-state index is -0.765. The van der Waals surface area contributed by atoms with Crippen LogP contribution >= 0.6 is 0 Å². The Morgan fingerprint density at radius 3 is 2.53 bits per heavy atom. The molecule has 1 aromatic carbocycles. The van der Waals surface area contributed by atoms with Crippen LogP contribution in [0.15, 0.2) is 81.5 Å². The second-order valence-corrected chi connectivity index (χ2v) is 8.58. The van der Waals surface area contributed by atoms with Gasteiger partial charge in [-0.3, -0.25) is 10.1 Å². The molecule has 3 aliphatic rings. The van der Waals surface area contributed by atoms with Crippen LogP contribution in [-0.2, 0) is 9.53 Å². The van der Waals surface area contributed by atoms with Gasteiger partial charge in [-0.05, 0) is 79.2 Å². The van der Waals surface area contributed by atoms with Crippen LogP contribution in [0.25, 0.3) is 0 Å². The van der Waals surface area contributed by atoms with Crippen LogP contribution in [0.2, 0.25) is 0 Å². The summed E-state index contributed by atoms with van der Waals surface area (Å²) in [5, 5.41) is 16.1. The maximum absolute atomic E-state index is 12.4. The van der Waals surface area contributed by atoms with E-state index in [1.807, 2.05) is 54.6 Å². The molecule has 170 valence electrons. The predicted molar refractivity (Wildman–Crippen MR) is 125 cm³/mol. The molecular weight excluding hydrogens is 432 g/mol. The molecule has 1 aromatic heterocycles. The highest BCUT2D eigenvalue weighted by molar-refractivity contribution is 5.87. The average Bonchev–Trinajstić information content (AvgIpc) is 3.26. The molecule has 0 aliphatic heterocycles. The number of hydrogen-bond donors (Lipinski definition) is 2. The number of allylic oxidation sites excluding steroid dienone is 7. The Bertz CT molecular complexity index is 1370. The summed E-state index contributed by atoms with van der Waals surface area (Å²) in [5.41, 5.74) is 4.36. The molecule has 0 saturated heterocycles. The summed E-state index contributed by atoms with van der Waals surface area (Å²) in [5.74, 6) is 5.65. The number of carboxylic acid groups (broad SMARTS) is 1. The van der Waals surface area contributed by atoms with Crippen molar-refractivity contribution in [1.82, 2.24) is 5.16 Å². The number of aliphatic carboxylic acids is 1. The number of rotatable bonds is 5. The first-order valence-electron chi connectivity index (χ1n) is 11.0. The van der Waals surface area contributed by atoms with E-state index in [4.69, 9.17) is 9.26 Å². The fourth-order valence-corrected chi connectivity index (χ4v) is 4.09. The number of carboxylic acids is 1. The Morgan fingerprint density at radius 1 is 1.12 bits per heavy atom. The van der Waals surface area contributed by atoms with E-state index in [2.05, 4.69) is 22.3 Å². The van der Waals surface area contributed by atoms with E-state index in [0.717, 1.165) is 27.9 Å². The van der Waals surface area contributed by atoms with Gasteiger partial charge in [0.2, 0.25) is 0 Å². The minimum Gasteiger partial charge on any atom is -0.481 e. The van der Waals surface area contributed by atoms with Crippen LogP contribution in [0.1, 0.15) is 42.9 Å². The molecule has 0 bridgehead atoms. The number of nitrogens with zero attached hydrogens (tertiary/aromatic N) is 1. The highest BCUT2D eigenvalue weighted by atomic mass is 16.6. The third kappa shape index (κ3) is 3.95. The molecule has 1 heterocycles. The lowest BCUT2D eigenvalue weighted by Gasteiger charge is -2.13. The smallest absolute Gasteiger partial charge is 0.412 e. The minimum absolute atomic E-state index is 0.297. The van der Waals surface area contributed by atoms with E-state index in [1.54, 1.807) is 13.8 Å². The summed E-state index contributed by atoms with van der Waals surface area (Å²) in [7, 11) is 0. The van der Waals surface area contributed by atoms with Gasteiger partial charge in [-0.25, -0.2) is 4.79 Å². The van der Waals surface area contributed by atoms with Crippen molar-refractivity contribution in [2.45, 2.75) is 32.8 Å². The molecule has 7 nitrogen and oxygen atoms in total. The van der Waals surface area contributed by atoms with Crippen LogP contribution < -0.4 is 5.32 Å². The van der Waals surface area contributed by atoms with Crippen molar-refractivity contribution >= 4 is 17.7 Å². The molecule has 2 N–H and O–H groups in total. The number of carbonyl (C=O) groups is 2. The second kappa shape index (κ2) is 8.23. The molecule has 34 heavy (non-hydrogen) atoms. The number of nitrogens with one attached hydrogen (secondary N) is 1. The van der Waals surface area contributed by atoms with Gasteiger partial charge in [0.1, 0.15) is 11.8 Å². The van der Waals surface area contributed by atoms with Crippen LogP contribution in [0.3, 0.4) is 0 Å². The molecule has 1 fully saturated rings. The van der Waals surface area contributed by atoms with Crippen molar-refractivity contribution in [2.75, 3.05) is 5.32 Å². The first-order valence-corrected chi connectivity index (χ1v) is 11.0. The van der Waals surface area contributed by atoms with Crippen LogP contribution in [0.4, 0.5) is 10.5 Å². The summed E-state index contributed by atoms with van der Waals surface area (Å²) >= 11 is 0. The lowest BCUT2D eigenvalue weighted by molar-refractivity contribution is -0.141. The van der Waals surface area contributed by atoms with Crippen molar-refractivity contribution in [1.29, 1.82) is 0 Å². The Kier molecular flexibility index (Phi) is 5.21. The molecular formula is C27H22N2O5. The topological polar surface area (TPSA) is 102 Å². The third-order valence-corrected chi connectivity index (χ3v) is 6.26. The van der Waals surface area contributed by atoms with E-state index in [-0.39, 0.29) is 0 Å². The summed E-state index contributed by atoms with van der Waals surface area (Å²) in [6, 6.07) is 9.44. The van der Waals surface area contributed by atoms with Gasteiger partial charge in [-0.1, -0.05) is 41.4 Å².